The number of carbonyl (C=O) groups is 1. The van der Waals surface area contributed by atoms with Crippen molar-refractivity contribution in [1.82, 2.24) is 9.55 Å². The van der Waals surface area contributed by atoms with E-state index in [9.17, 15) is 9.90 Å². The SMILES string of the molecule is CC(C)c1nc2cccc(O)c2n1CC(=O)O. The van der Waals surface area contributed by atoms with Gasteiger partial charge in [-0.3, -0.25) is 4.79 Å². The fourth-order valence-corrected chi connectivity index (χ4v) is 1.92. The molecule has 0 saturated heterocycles. The molecule has 0 radical (unpaired) electrons. The quantitative estimate of drug-likeness (QED) is 0.851. The van der Waals surface area contributed by atoms with Crippen molar-refractivity contribution in [2.75, 3.05) is 0 Å². The highest BCUT2D eigenvalue weighted by atomic mass is 16.4. The average molecular weight is 234 g/mol. The summed E-state index contributed by atoms with van der Waals surface area (Å²) in [4.78, 5) is 15.2. The molecule has 0 unspecified atom stereocenters. The Morgan fingerprint density at radius 3 is 2.76 bits per heavy atom. The third kappa shape index (κ3) is 1.95. The van der Waals surface area contributed by atoms with Crippen LogP contribution in [0.15, 0.2) is 18.2 Å². The van der Waals surface area contributed by atoms with Gasteiger partial charge in [0.1, 0.15) is 23.6 Å². The Kier molecular flexibility index (Phi) is 2.75. The maximum Gasteiger partial charge on any atom is 0.323 e. The Hall–Kier alpha value is -2.04. The number of hydrogen-bond donors (Lipinski definition) is 2. The first-order valence-electron chi connectivity index (χ1n) is 5.40. The average Bonchev–Trinajstić information content (AvgIpc) is 2.57. The van der Waals surface area contributed by atoms with E-state index in [4.69, 9.17) is 5.11 Å². The molecule has 0 saturated carbocycles. The monoisotopic (exact) mass is 234 g/mol. The van der Waals surface area contributed by atoms with Crippen molar-refractivity contribution in [3.05, 3.63) is 24.0 Å². The number of carboxylic acids is 1. The Labute approximate surface area is 98.3 Å². The third-order valence-electron chi connectivity index (χ3n) is 2.58. The second-order valence-electron chi connectivity index (χ2n) is 4.25. The lowest BCUT2D eigenvalue weighted by Crippen LogP contribution is -2.12. The molecule has 1 aromatic heterocycles. The molecule has 0 atom stereocenters. The summed E-state index contributed by atoms with van der Waals surface area (Å²) >= 11 is 0. The molecule has 1 aromatic carbocycles. The van der Waals surface area contributed by atoms with Crippen LogP contribution in [0.4, 0.5) is 0 Å². The summed E-state index contributed by atoms with van der Waals surface area (Å²) in [5, 5.41) is 18.7. The molecule has 2 N–H and O–H groups in total. The maximum absolute atomic E-state index is 10.9. The topological polar surface area (TPSA) is 75.4 Å². The summed E-state index contributed by atoms with van der Waals surface area (Å²) in [6, 6.07) is 4.99. The number of benzene rings is 1. The van der Waals surface area contributed by atoms with Crippen molar-refractivity contribution in [3.63, 3.8) is 0 Å². The van der Waals surface area contributed by atoms with E-state index in [2.05, 4.69) is 4.98 Å². The molecule has 0 aliphatic rings. The number of aromatic hydroxyl groups is 1. The number of nitrogens with zero attached hydrogens (tertiary/aromatic N) is 2. The molecular formula is C12H14N2O3. The molecule has 0 amide bonds. The van der Waals surface area contributed by atoms with Crippen molar-refractivity contribution in [1.29, 1.82) is 0 Å². The van der Waals surface area contributed by atoms with Gasteiger partial charge in [-0.15, -0.1) is 0 Å². The summed E-state index contributed by atoms with van der Waals surface area (Å²) in [6.07, 6.45) is 0. The summed E-state index contributed by atoms with van der Waals surface area (Å²) in [6.45, 7) is 3.69. The van der Waals surface area contributed by atoms with Gasteiger partial charge in [-0.1, -0.05) is 19.9 Å². The van der Waals surface area contributed by atoms with E-state index >= 15 is 0 Å². The van der Waals surface area contributed by atoms with Crippen LogP contribution in [0.2, 0.25) is 0 Å². The van der Waals surface area contributed by atoms with Crippen LogP contribution in [0, 0.1) is 0 Å². The minimum absolute atomic E-state index is 0.0585. The number of fused-ring (bicyclic) bond motifs is 1. The number of para-hydroxylation sites is 1. The molecule has 0 fully saturated rings. The summed E-state index contributed by atoms with van der Waals surface area (Å²) in [5.74, 6) is -0.123. The fraction of sp³-hybridized carbons (Fsp3) is 0.333. The number of imidazole rings is 1. The largest absolute Gasteiger partial charge is 0.506 e. The molecule has 0 aliphatic carbocycles. The van der Waals surface area contributed by atoms with Gasteiger partial charge in [0.25, 0.3) is 0 Å². The molecule has 1 heterocycles. The van der Waals surface area contributed by atoms with E-state index in [0.717, 1.165) is 0 Å². The van der Waals surface area contributed by atoms with Crippen molar-refractivity contribution >= 4 is 17.0 Å². The van der Waals surface area contributed by atoms with Crippen LogP contribution in [0.25, 0.3) is 11.0 Å². The molecule has 17 heavy (non-hydrogen) atoms. The van der Waals surface area contributed by atoms with Crippen LogP contribution in [0.1, 0.15) is 25.6 Å². The first-order chi connectivity index (χ1) is 8.00. The summed E-state index contributed by atoms with van der Waals surface area (Å²) < 4.78 is 1.55. The van der Waals surface area contributed by atoms with Crippen LogP contribution in [0.5, 0.6) is 5.75 Å². The predicted molar refractivity (Wildman–Crippen MR) is 63.1 cm³/mol. The molecule has 0 aliphatic heterocycles. The van der Waals surface area contributed by atoms with Gasteiger partial charge in [0, 0.05) is 5.92 Å². The van der Waals surface area contributed by atoms with Crippen LogP contribution in [0.3, 0.4) is 0 Å². The van der Waals surface area contributed by atoms with E-state index in [1.54, 1.807) is 16.7 Å². The van der Waals surface area contributed by atoms with Crippen molar-refractivity contribution < 1.29 is 15.0 Å². The number of aliphatic carboxylic acids is 1. The lowest BCUT2D eigenvalue weighted by Gasteiger charge is -2.09. The minimum Gasteiger partial charge on any atom is -0.506 e. The molecule has 0 bridgehead atoms. The van der Waals surface area contributed by atoms with Gasteiger partial charge in [0.05, 0.1) is 5.52 Å². The number of phenols is 1. The number of aromatic nitrogens is 2. The predicted octanol–water partition coefficient (Wildman–Crippen LogP) is 1.95. The van der Waals surface area contributed by atoms with E-state index < -0.39 is 5.97 Å². The second kappa shape index (κ2) is 4.08. The highest BCUT2D eigenvalue weighted by Crippen LogP contribution is 2.28. The maximum atomic E-state index is 10.9. The fourth-order valence-electron chi connectivity index (χ4n) is 1.92. The Morgan fingerprint density at radius 1 is 1.47 bits per heavy atom. The highest BCUT2D eigenvalue weighted by Gasteiger charge is 2.17. The third-order valence-corrected chi connectivity index (χ3v) is 2.58. The lowest BCUT2D eigenvalue weighted by atomic mass is 10.2. The van der Waals surface area contributed by atoms with Crippen molar-refractivity contribution in [2.24, 2.45) is 0 Å². The normalized spacial score (nSPS) is 11.2. The molecule has 5 nitrogen and oxygen atoms in total. The Bertz CT molecular complexity index is 572. The van der Waals surface area contributed by atoms with Gasteiger partial charge in [-0.05, 0) is 12.1 Å². The van der Waals surface area contributed by atoms with E-state index in [0.29, 0.717) is 16.9 Å². The number of phenolic OH excluding ortho intramolecular Hbond substituents is 1. The first-order valence-corrected chi connectivity index (χ1v) is 5.40. The molecular weight excluding hydrogens is 220 g/mol. The Morgan fingerprint density at radius 2 is 2.18 bits per heavy atom. The van der Waals surface area contributed by atoms with Crippen LogP contribution in [-0.2, 0) is 11.3 Å². The number of hydrogen-bond acceptors (Lipinski definition) is 3. The smallest absolute Gasteiger partial charge is 0.323 e. The zero-order valence-corrected chi connectivity index (χ0v) is 9.71. The van der Waals surface area contributed by atoms with E-state index in [1.807, 2.05) is 13.8 Å². The zero-order valence-electron chi connectivity index (χ0n) is 9.71. The van der Waals surface area contributed by atoms with Gasteiger partial charge in [0.2, 0.25) is 0 Å². The second-order valence-corrected chi connectivity index (χ2v) is 4.25. The first kappa shape index (κ1) is 11.4. The van der Waals surface area contributed by atoms with Crippen LogP contribution in [-0.4, -0.2) is 25.7 Å². The zero-order chi connectivity index (χ0) is 12.6. The molecule has 2 rings (SSSR count). The number of rotatable bonds is 3. The number of carboxylic acid groups (broad SMARTS) is 1. The summed E-state index contributed by atoms with van der Waals surface area (Å²) in [7, 11) is 0. The summed E-state index contributed by atoms with van der Waals surface area (Å²) in [5.41, 5.74) is 1.11. The molecule has 2 aromatic rings. The van der Waals surface area contributed by atoms with Gasteiger partial charge in [-0.25, -0.2) is 4.98 Å². The van der Waals surface area contributed by atoms with Crippen molar-refractivity contribution in [2.45, 2.75) is 26.3 Å². The lowest BCUT2D eigenvalue weighted by molar-refractivity contribution is -0.137. The highest BCUT2D eigenvalue weighted by molar-refractivity contribution is 5.84. The van der Waals surface area contributed by atoms with Crippen molar-refractivity contribution in [3.8, 4) is 5.75 Å². The minimum atomic E-state index is -0.950. The van der Waals surface area contributed by atoms with Gasteiger partial charge < -0.3 is 14.8 Å². The standard InChI is InChI=1S/C12H14N2O3/c1-7(2)12-13-8-4-3-5-9(15)11(8)14(12)6-10(16)17/h3-5,7,15H,6H2,1-2H3,(H,16,17). The molecule has 5 heteroatoms. The van der Waals surface area contributed by atoms with E-state index in [1.165, 1.54) is 6.07 Å². The molecule has 90 valence electrons. The van der Waals surface area contributed by atoms with Gasteiger partial charge in [-0.2, -0.15) is 0 Å². The Balaban J connectivity index is 2.73. The van der Waals surface area contributed by atoms with Crippen LogP contribution >= 0.6 is 0 Å². The molecule has 0 spiro atoms. The van der Waals surface area contributed by atoms with Crippen LogP contribution < -0.4 is 0 Å². The van der Waals surface area contributed by atoms with E-state index in [-0.39, 0.29) is 18.2 Å². The van der Waals surface area contributed by atoms with Gasteiger partial charge in [0.15, 0.2) is 0 Å². The van der Waals surface area contributed by atoms with Gasteiger partial charge >= 0.3 is 5.97 Å².